The van der Waals surface area contributed by atoms with Gasteiger partial charge >= 0.3 is 6.18 Å². The van der Waals surface area contributed by atoms with E-state index in [9.17, 15) is 18.3 Å². The molecule has 3 atom stereocenters. The molecule has 0 amide bonds. The second kappa shape index (κ2) is 8.80. The van der Waals surface area contributed by atoms with Gasteiger partial charge in [-0.3, -0.25) is 4.98 Å². The molecule has 2 fully saturated rings. The normalized spacial score (nSPS) is 22.3. The molecule has 0 saturated carbocycles. The molecule has 2 aliphatic rings. The zero-order valence-corrected chi connectivity index (χ0v) is 19.3. The molecule has 5 rings (SSSR count). The lowest BCUT2D eigenvalue weighted by molar-refractivity contribution is -0.141. The van der Waals surface area contributed by atoms with Gasteiger partial charge in [0.25, 0.3) is 0 Å². The SMILES string of the molecule is CC(C)(O)c1cc(Nc2cc(Oc3cc(C(F)(F)F)nn3[C@H]3C[C@H]4CC[C@@H](C3)O4)ccn2)ccn1. The van der Waals surface area contributed by atoms with Crippen molar-refractivity contribution in [1.29, 1.82) is 0 Å². The predicted molar refractivity (Wildman–Crippen MR) is 120 cm³/mol. The molecular weight excluding hydrogens is 463 g/mol. The number of nitrogens with one attached hydrogen (secondary N) is 1. The Hall–Kier alpha value is -3.18. The number of aliphatic hydroxyl groups is 1. The van der Waals surface area contributed by atoms with E-state index in [0.29, 0.717) is 35.8 Å². The largest absolute Gasteiger partial charge is 0.439 e. The second-order valence-electron chi connectivity index (χ2n) is 9.49. The first-order valence-corrected chi connectivity index (χ1v) is 11.5. The van der Waals surface area contributed by atoms with Crippen LogP contribution >= 0.6 is 0 Å². The molecule has 2 saturated heterocycles. The average Bonchev–Trinajstić information content (AvgIpc) is 3.36. The monoisotopic (exact) mass is 489 g/mol. The molecule has 35 heavy (non-hydrogen) atoms. The fourth-order valence-electron chi connectivity index (χ4n) is 4.54. The standard InChI is InChI=1S/C24H26F3N5O3/c1-23(2,33)19-9-14(5-7-28-19)30-21-12-18(6-8-29-21)35-22-13-20(24(25,26)27)31-32(22)15-10-16-3-4-17(11-15)34-16/h5-9,12-13,15-17,33H,3-4,10-11H2,1-2H3,(H,28,29,30)/t15-,16+,17-. The maximum atomic E-state index is 13.5. The molecule has 0 unspecified atom stereocenters. The Balaban J connectivity index is 1.39. The van der Waals surface area contributed by atoms with E-state index in [4.69, 9.17) is 9.47 Å². The minimum atomic E-state index is -4.59. The number of hydrogen-bond donors (Lipinski definition) is 2. The van der Waals surface area contributed by atoms with Gasteiger partial charge in [0.05, 0.1) is 23.9 Å². The molecule has 5 heterocycles. The van der Waals surface area contributed by atoms with Crippen molar-refractivity contribution in [1.82, 2.24) is 19.7 Å². The Morgan fingerprint density at radius 2 is 1.74 bits per heavy atom. The van der Waals surface area contributed by atoms with E-state index in [1.165, 1.54) is 10.9 Å². The highest BCUT2D eigenvalue weighted by molar-refractivity contribution is 5.57. The zero-order chi connectivity index (χ0) is 24.8. The van der Waals surface area contributed by atoms with E-state index in [1.54, 1.807) is 44.3 Å². The minimum absolute atomic E-state index is 0.0222. The van der Waals surface area contributed by atoms with Crippen molar-refractivity contribution in [3.05, 3.63) is 54.1 Å². The Bertz CT molecular complexity index is 1200. The highest BCUT2D eigenvalue weighted by Gasteiger charge is 2.40. The lowest BCUT2D eigenvalue weighted by atomic mass is 10.0. The number of nitrogens with zero attached hydrogens (tertiary/aromatic N) is 4. The van der Waals surface area contributed by atoms with Crippen molar-refractivity contribution in [3.63, 3.8) is 0 Å². The van der Waals surface area contributed by atoms with E-state index in [0.717, 1.165) is 18.9 Å². The topological polar surface area (TPSA) is 94.3 Å². The summed E-state index contributed by atoms with van der Waals surface area (Å²) in [5.41, 5.74) is -0.989. The summed E-state index contributed by atoms with van der Waals surface area (Å²) in [4.78, 5) is 8.43. The fraction of sp³-hybridized carbons (Fsp3) is 0.458. The third-order valence-electron chi connectivity index (χ3n) is 6.22. The molecule has 3 aromatic heterocycles. The van der Waals surface area contributed by atoms with Gasteiger partial charge in [-0.05, 0) is 57.7 Å². The Kier molecular flexibility index (Phi) is 5.92. The van der Waals surface area contributed by atoms with Crippen LogP contribution in [-0.4, -0.2) is 37.1 Å². The quantitative estimate of drug-likeness (QED) is 0.483. The lowest BCUT2D eigenvalue weighted by Gasteiger charge is -2.29. The van der Waals surface area contributed by atoms with E-state index in [1.807, 2.05) is 0 Å². The summed E-state index contributed by atoms with van der Waals surface area (Å²) in [6.45, 7) is 3.27. The van der Waals surface area contributed by atoms with E-state index < -0.39 is 17.5 Å². The number of halogens is 3. The number of hydrogen-bond acceptors (Lipinski definition) is 7. The molecule has 186 valence electrons. The van der Waals surface area contributed by atoms with Gasteiger partial charge in [0.2, 0.25) is 5.88 Å². The molecule has 8 nitrogen and oxygen atoms in total. The smallest absolute Gasteiger partial charge is 0.435 e. The van der Waals surface area contributed by atoms with Crippen LogP contribution in [0.15, 0.2) is 42.7 Å². The van der Waals surface area contributed by atoms with Crippen LogP contribution in [0.5, 0.6) is 11.6 Å². The van der Waals surface area contributed by atoms with E-state index >= 15 is 0 Å². The van der Waals surface area contributed by atoms with Crippen molar-refractivity contribution < 1.29 is 27.8 Å². The Morgan fingerprint density at radius 1 is 1.03 bits per heavy atom. The average molecular weight is 489 g/mol. The third-order valence-corrected chi connectivity index (χ3v) is 6.22. The number of aromatic nitrogens is 4. The molecule has 2 bridgehead atoms. The van der Waals surface area contributed by atoms with Gasteiger partial charge in [-0.15, -0.1) is 0 Å². The van der Waals surface area contributed by atoms with Crippen LogP contribution in [0, 0.1) is 0 Å². The fourth-order valence-corrected chi connectivity index (χ4v) is 4.54. The van der Waals surface area contributed by atoms with Gasteiger partial charge in [-0.25, -0.2) is 9.67 Å². The molecule has 2 N–H and O–H groups in total. The summed E-state index contributed by atoms with van der Waals surface area (Å²) >= 11 is 0. The van der Waals surface area contributed by atoms with Crippen LogP contribution in [0.4, 0.5) is 24.7 Å². The number of pyridine rings is 2. The molecule has 0 spiro atoms. The third kappa shape index (κ3) is 5.25. The summed E-state index contributed by atoms with van der Waals surface area (Å²) in [5, 5.41) is 17.2. The zero-order valence-electron chi connectivity index (χ0n) is 19.3. The molecular formula is C24H26F3N5O3. The molecule has 2 aliphatic heterocycles. The summed E-state index contributed by atoms with van der Waals surface area (Å²) < 4.78 is 53.5. The van der Waals surface area contributed by atoms with Gasteiger partial charge in [-0.2, -0.15) is 18.3 Å². The van der Waals surface area contributed by atoms with Gasteiger partial charge in [0.1, 0.15) is 17.2 Å². The molecule has 3 aromatic rings. The number of rotatable bonds is 6. The number of anilines is 2. The summed E-state index contributed by atoms with van der Waals surface area (Å²) in [5.74, 6) is 0.750. The molecule has 0 aromatic carbocycles. The van der Waals surface area contributed by atoms with E-state index in [-0.39, 0.29) is 24.1 Å². The van der Waals surface area contributed by atoms with Crippen LogP contribution in [0.2, 0.25) is 0 Å². The van der Waals surface area contributed by atoms with Crippen molar-refractivity contribution in [3.8, 4) is 11.6 Å². The van der Waals surface area contributed by atoms with Crippen molar-refractivity contribution in [2.75, 3.05) is 5.32 Å². The van der Waals surface area contributed by atoms with Crippen LogP contribution in [0.1, 0.15) is 57.0 Å². The summed E-state index contributed by atoms with van der Waals surface area (Å²) in [6.07, 6.45) is 1.57. The van der Waals surface area contributed by atoms with Gasteiger partial charge in [0.15, 0.2) is 5.69 Å². The first-order valence-electron chi connectivity index (χ1n) is 11.5. The lowest BCUT2D eigenvalue weighted by Crippen LogP contribution is -2.28. The second-order valence-corrected chi connectivity index (χ2v) is 9.49. The highest BCUT2D eigenvalue weighted by Crippen LogP contribution is 2.42. The van der Waals surface area contributed by atoms with Gasteiger partial charge in [-0.1, -0.05) is 0 Å². The Labute approximate surface area is 200 Å². The number of ether oxygens (including phenoxy) is 2. The van der Waals surface area contributed by atoms with Gasteiger partial charge in [0, 0.05) is 30.2 Å². The molecule has 0 radical (unpaired) electrons. The molecule has 0 aliphatic carbocycles. The maximum Gasteiger partial charge on any atom is 0.435 e. The maximum absolute atomic E-state index is 13.5. The van der Waals surface area contributed by atoms with Gasteiger partial charge < -0.3 is 19.9 Å². The van der Waals surface area contributed by atoms with E-state index in [2.05, 4.69) is 20.4 Å². The van der Waals surface area contributed by atoms with Crippen molar-refractivity contribution >= 4 is 11.5 Å². The van der Waals surface area contributed by atoms with Crippen molar-refractivity contribution in [2.45, 2.75) is 69.6 Å². The van der Waals surface area contributed by atoms with Crippen LogP contribution < -0.4 is 10.1 Å². The number of alkyl halides is 3. The first-order chi connectivity index (χ1) is 16.5. The summed E-state index contributed by atoms with van der Waals surface area (Å²) in [7, 11) is 0. The number of fused-ring (bicyclic) bond motifs is 2. The minimum Gasteiger partial charge on any atom is -0.439 e. The first kappa shape index (κ1) is 23.6. The highest BCUT2D eigenvalue weighted by atomic mass is 19.4. The predicted octanol–water partition coefficient (Wildman–Crippen LogP) is 5.34. The Morgan fingerprint density at radius 3 is 2.43 bits per heavy atom. The van der Waals surface area contributed by atoms with Crippen molar-refractivity contribution in [2.24, 2.45) is 0 Å². The summed E-state index contributed by atoms with van der Waals surface area (Å²) in [6, 6.07) is 7.27. The molecule has 11 heteroatoms. The van der Waals surface area contributed by atoms with Crippen LogP contribution in [0.25, 0.3) is 0 Å². The van der Waals surface area contributed by atoms with Crippen LogP contribution in [0.3, 0.4) is 0 Å². The van der Waals surface area contributed by atoms with Crippen LogP contribution in [-0.2, 0) is 16.5 Å².